The molecule has 1 aliphatic heterocycles. The lowest BCUT2D eigenvalue weighted by Crippen LogP contribution is -2.50. The summed E-state index contributed by atoms with van der Waals surface area (Å²) in [6.45, 7) is 6.46. The van der Waals surface area contributed by atoms with E-state index >= 15 is 0 Å². The topological polar surface area (TPSA) is 50.4 Å². The molecule has 4 nitrogen and oxygen atoms in total. The third kappa shape index (κ3) is 4.79. The molecule has 1 heterocycles. The molecule has 0 spiro atoms. The van der Waals surface area contributed by atoms with Crippen LogP contribution in [0.15, 0.2) is 0 Å². The molecule has 94 valence electrons. The predicted molar refractivity (Wildman–Crippen MR) is 60.1 cm³/mol. The minimum absolute atomic E-state index is 0.00585. The molecule has 0 aliphatic carbocycles. The van der Waals surface area contributed by atoms with Gasteiger partial charge in [-0.3, -0.25) is 4.39 Å². The first-order valence-corrected chi connectivity index (χ1v) is 5.67. The lowest BCUT2D eigenvalue weighted by molar-refractivity contribution is 0.0487. The standard InChI is InChI=1S/C11H21FN2O2/c1-11(2,3)16-10(15)14-9-4-8(5-12)6-13-7-9/h8-9,13H,4-7H2,1-3H3,(H,14,15)/t8-,9-/m1/s1. The smallest absolute Gasteiger partial charge is 0.407 e. The zero-order valence-corrected chi connectivity index (χ0v) is 10.2. The van der Waals surface area contributed by atoms with E-state index in [1.54, 1.807) is 0 Å². The van der Waals surface area contributed by atoms with Crippen molar-refractivity contribution in [3.8, 4) is 0 Å². The lowest BCUT2D eigenvalue weighted by atomic mass is 9.97. The minimum atomic E-state index is -0.494. The van der Waals surface area contributed by atoms with Gasteiger partial charge in [0.05, 0.1) is 6.67 Å². The van der Waals surface area contributed by atoms with Crippen LogP contribution >= 0.6 is 0 Å². The Balaban J connectivity index is 2.33. The second kappa shape index (κ2) is 5.48. The monoisotopic (exact) mass is 232 g/mol. The number of carbonyl (C=O) groups is 1. The van der Waals surface area contributed by atoms with Gasteiger partial charge < -0.3 is 15.4 Å². The van der Waals surface area contributed by atoms with Crippen LogP contribution in [-0.4, -0.2) is 37.5 Å². The summed E-state index contributed by atoms with van der Waals surface area (Å²) in [5.74, 6) is -0.00585. The van der Waals surface area contributed by atoms with E-state index < -0.39 is 11.7 Å². The Bertz CT molecular complexity index is 241. The van der Waals surface area contributed by atoms with Crippen LogP contribution in [0.5, 0.6) is 0 Å². The van der Waals surface area contributed by atoms with Crippen molar-refractivity contribution in [1.82, 2.24) is 10.6 Å². The molecule has 16 heavy (non-hydrogen) atoms. The van der Waals surface area contributed by atoms with Gasteiger partial charge in [0, 0.05) is 25.0 Å². The number of alkyl carbamates (subject to hydrolysis) is 1. The number of piperidine rings is 1. The highest BCUT2D eigenvalue weighted by Gasteiger charge is 2.24. The number of hydrogen-bond donors (Lipinski definition) is 2. The molecule has 0 bridgehead atoms. The molecule has 1 aliphatic rings. The number of alkyl halides is 1. The molecule has 0 aromatic carbocycles. The van der Waals surface area contributed by atoms with Gasteiger partial charge in [0.25, 0.3) is 0 Å². The molecule has 0 aromatic rings. The van der Waals surface area contributed by atoms with Crippen LogP contribution in [0.2, 0.25) is 0 Å². The normalized spacial score (nSPS) is 26.2. The molecule has 1 saturated heterocycles. The number of ether oxygens (including phenoxy) is 1. The van der Waals surface area contributed by atoms with E-state index in [9.17, 15) is 9.18 Å². The van der Waals surface area contributed by atoms with Gasteiger partial charge in [0.15, 0.2) is 0 Å². The Morgan fingerprint density at radius 1 is 1.50 bits per heavy atom. The van der Waals surface area contributed by atoms with Crippen molar-refractivity contribution >= 4 is 6.09 Å². The molecule has 5 heteroatoms. The largest absolute Gasteiger partial charge is 0.444 e. The van der Waals surface area contributed by atoms with E-state index in [0.717, 1.165) is 0 Å². The summed E-state index contributed by atoms with van der Waals surface area (Å²) in [7, 11) is 0. The quantitative estimate of drug-likeness (QED) is 0.758. The molecular weight excluding hydrogens is 211 g/mol. The highest BCUT2D eigenvalue weighted by molar-refractivity contribution is 5.68. The third-order valence-electron chi connectivity index (χ3n) is 2.38. The van der Waals surface area contributed by atoms with E-state index in [1.165, 1.54) is 0 Å². The Hall–Kier alpha value is -0.840. The maximum absolute atomic E-state index is 12.5. The van der Waals surface area contributed by atoms with Gasteiger partial charge >= 0.3 is 6.09 Å². The molecule has 1 fully saturated rings. The van der Waals surface area contributed by atoms with Gasteiger partial charge in [-0.1, -0.05) is 0 Å². The molecule has 0 saturated carbocycles. The molecule has 2 N–H and O–H groups in total. The van der Waals surface area contributed by atoms with Crippen LogP contribution in [0.3, 0.4) is 0 Å². The van der Waals surface area contributed by atoms with E-state index in [4.69, 9.17) is 4.74 Å². The SMILES string of the molecule is CC(C)(C)OC(=O)N[C@H]1CNC[C@@H](CF)C1. The molecule has 1 amide bonds. The summed E-state index contributed by atoms with van der Waals surface area (Å²) in [6, 6.07) is -0.0376. The highest BCUT2D eigenvalue weighted by Crippen LogP contribution is 2.12. The van der Waals surface area contributed by atoms with Gasteiger partial charge in [0.2, 0.25) is 0 Å². The van der Waals surface area contributed by atoms with Crippen molar-refractivity contribution < 1.29 is 13.9 Å². The van der Waals surface area contributed by atoms with Crippen LogP contribution in [0.1, 0.15) is 27.2 Å². The van der Waals surface area contributed by atoms with Crippen LogP contribution in [0.25, 0.3) is 0 Å². The molecule has 0 aromatic heterocycles. The Kier molecular flexibility index (Phi) is 4.53. The zero-order chi connectivity index (χ0) is 12.2. The van der Waals surface area contributed by atoms with Gasteiger partial charge in [0.1, 0.15) is 5.60 Å². The maximum atomic E-state index is 12.5. The fourth-order valence-corrected chi connectivity index (χ4v) is 1.73. The highest BCUT2D eigenvalue weighted by atomic mass is 19.1. The predicted octanol–water partition coefficient (Wildman–Crippen LogP) is 1.46. The number of halogens is 1. The lowest BCUT2D eigenvalue weighted by Gasteiger charge is -2.30. The number of carbonyl (C=O) groups excluding carboxylic acids is 1. The first kappa shape index (κ1) is 13.2. The van der Waals surface area contributed by atoms with Gasteiger partial charge in [-0.05, 0) is 27.2 Å². The second-order valence-electron chi connectivity index (χ2n) is 5.26. The van der Waals surface area contributed by atoms with Crippen molar-refractivity contribution in [3.63, 3.8) is 0 Å². The number of nitrogens with one attached hydrogen (secondary N) is 2. The van der Waals surface area contributed by atoms with E-state index in [-0.39, 0.29) is 18.6 Å². The minimum Gasteiger partial charge on any atom is -0.444 e. The van der Waals surface area contributed by atoms with E-state index in [1.807, 2.05) is 20.8 Å². The van der Waals surface area contributed by atoms with Gasteiger partial charge in [-0.25, -0.2) is 4.79 Å². The molecule has 0 unspecified atom stereocenters. The molecule has 1 rings (SSSR count). The first-order valence-electron chi connectivity index (χ1n) is 5.67. The van der Waals surface area contributed by atoms with Crippen molar-refractivity contribution in [1.29, 1.82) is 0 Å². The van der Waals surface area contributed by atoms with E-state index in [2.05, 4.69) is 10.6 Å². The maximum Gasteiger partial charge on any atom is 0.407 e. The summed E-state index contributed by atoms with van der Waals surface area (Å²) in [5.41, 5.74) is -0.494. The summed E-state index contributed by atoms with van der Waals surface area (Å²) in [6.07, 6.45) is 0.238. The van der Waals surface area contributed by atoms with Crippen LogP contribution < -0.4 is 10.6 Å². The van der Waals surface area contributed by atoms with Crippen LogP contribution in [0.4, 0.5) is 9.18 Å². The van der Waals surface area contributed by atoms with Crippen molar-refractivity contribution in [2.75, 3.05) is 19.8 Å². The van der Waals surface area contributed by atoms with E-state index in [0.29, 0.717) is 19.5 Å². The summed E-state index contributed by atoms with van der Waals surface area (Å²) in [5, 5.41) is 5.84. The molecule has 0 radical (unpaired) electrons. The Morgan fingerprint density at radius 3 is 2.75 bits per heavy atom. The first-order chi connectivity index (χ1) is 7.40. The van der Waals surface area contributed by atoms with Crippen molar-refractivity contribution in [2.24, 2.45) is 5.92 Å². The molecule has 2 atom stereocenters. The fourth-order valence-electron chi connectivity index (χ4n) is 1.73. The zero-order valence-electron chi connectivity index (χ0n) is 10.2. The number of rotatable bonds is 2. The molecular formula is C11H21FN2O2. The summed E-state index contributed by atoms with van der Waals surface area (Å²) < 4.78 is 17.6. The third-order valence-corrected chi connectivity index (χ3v) is 2.38. The fraction of sp³-hybridized carbons (Fsp3) is 0.909. The summed E-state index contributed by atoms with van der Waals surface area (Å²) >= 11 is 0. The van der Waals surface area contributed by atoms with Gasteiger partial charge in [-0.2, -0.15) is 0 Å². The Morgan fingerprint density at radius 2 is 2.19 bits per heavy atom. The number of hydrogen-bond acceptors (Lipinski definition) is 3. The second-order valence-corrected chi connectivity index (χ2v) is 5.26. The average Bonchev–Trinajstić information content (AvgIpc) is 2.15. The van der Waals surface area contributed by atoms with Crippen molar-refractivity contribution in [3.05, 3.63) is 0 Å². The summed E-state index contributed by atoms with van der Waals surface area (Å²) in [4.78, 5) is 11.5. The van der Waals surface area contributed by atoms with Crippen LogP contribution in [-0.2, 0) is 4.74 Å². The number of amides is 1. The average molecular weight is 232 g/mol. The van der Waals surface area contributed by atoms with Gasteiger partial charge in [-0.15, -0.1) is 0 Å². The van der Waals surface area contributed by atoms with Crippen molar-refractivity contribution in [2.45, 2.75) is 38.8 Å². The van der Waals surface area contributed by atoms with Crippen LogP contribution in [0, 0.1) is 5.92 Å². The Labute approximate surface area is 95.9 Å².